The number of rotatable bonds is 5. The van der Waals surface area contributed by atoms with Gasteiger partial charge in [-0.1, -0.05) is 23.7 Å². The van der Waals surface area contributed by atoms with E-state index in [1.807, 2.05) is 12.1 Å². The minimum atomic E-state index is -0.396. The van der Waals surface area contributed by atoms with E-state index in [4.69, 9.17) is 11.6 Å². The molecule has 0 radical (unpaired) electrons. The Balaban J connectivity index is 1.92. The zero-order valence-corrected chi connectivity index (χ0v) is 15.3. The molecule has 25 heavy (non-hydrogen) atoms. The van der Waals surface area contributed by atoms with Crippen LogP contribution in [-0.2, 0) is 14.4 Å². The topological polar surface area (TPSA) is 78.5 Å². The van der Waals surface area contributed by atoms with Crippen molar-refractivity contribution in [1.29, 1.82) is 0 Å². The van der Waals surface area contributed by atoms with Crippen LogP contribution in [0.5, 0.6) is 0 Å². The van der Waals surface area contributed by atoms with E-state index < -0.39 is 6.04 Å². The summed E-state index contributed by atoms with van der Waals surface area (Å²) in [5.41, 5.74) is 0.834. The molecule has 0 spiro atoms. The molecule has 1 aromatic rings. The molecule has 136 valence electrons. The highest BCUT2D eigenvalue weighted by atomic mass is 35.5. The van der Waals surface area contributed by atoms with Gasteiger partial charge in [0, 0.05) is 38.0 Å². The first-order chi connectivity index (χ1) is 11.8. The SMILES string of the molecule is CC(=O)N[C@@H](CC(=O)NC1CCN(C(C)=O)CC1)c1ccc(Cl)cc1. The number of nitrogens with zero attached hydrogens (tertiary/aromatic N) is 1. The molecule has 2 rings (SSSR count). The van der Waals surface area contributed by atoms with E-state index in [-0.39, 0.29) is 30.2 Å². The lowest BCUT2D eigenvalue weighted by Gasteiger charge is -2.32. The molecule has 3 amide bonds. The molecule has 0 unspecified atom stereocenters. The molecule has 7 heteroatoms. The number of carbonyl (C=O) groups excluding carboxylic acids is 3. The van der Waals surface area contributed by atoms with Crippen LogP contribution >= 0.6 is 11.6 Å². The first kappa shape index (κ1) is 19.2. The van der Waals surface area contributed by atoms with Crippen molar-refractivity contribution in [3.8, 4) is 0 Å². The second-order valence-corrected chi connectivity index (χ2v) is 6.79. The van der Waals surface area contributed by atoms with Crippen molar-refractivity contribution in [1.82, 2.24) is 15.5 Å². The molecular formula is C18H24ClN3O3. The second-order valence-electron chi connectivity index (χ2n) is 6.36. The highest BCUT2D eigenvalue weighted by molar-refractivity contribution is 6.30. The molecule has 1 heterocycles. The molecule has 0 aliphatic carbocycles. The Morgan fingerprint density at radius 1 is 1.16 bits per heavy atom. The Kier molecular flexibility index (Phi) is 6.82. The summed E-state index contributed by atoms with van der Waals surface area (Å²) in [6.45, 7) is 4.31. The van der Waals surface area contributed by atoms with Gasteiger partial charge in [-0.05, 0) is 30.5 Å². The number of benzene rings is 1. The maximum atomic E-state index is 12.4. The maximum absolute atomic E-state index is 12.4. The average Bonchev–Trinajstić information content (AvgIpc) is 2.55. The largest absolute Gasteiger partial charge is 0.353 e. The summed E-state index contributed by atoms with van der Waals surface area (Å²) in [6, 6.07) is 6.75. The minimum absolute atomic E-state index is 0.0614. The average molecular weight is 366 g/mol. The van der Waals surface area contributed by atoms with Gasteiger partial charge in [-0.15, -0.1) is 0 Å². The fourth-order valence-electron chi connectivity index (χ4n) is 3.00. The number of hydrogen-bond donors (Lipinski definition) is 2. The van der Waals surface area contributed by atoms with E-state index in [2.05, 4.69) is 10.6 Å². The third kappa shape index (κ3) is 6.05. The molecule has 0 saturated carbocycles. The van der Waals surface area contributed by atoms with Gasteiger partial charge in [0.15, 0.2) is 0 Å². The molecule has 0 aromatic heterocycles. The van der Waals surface area contributed by atoms with E-state index in [0.717, 1.165) is 18.4 Å². The predicted octanol–water partition coefficient (Wildman–Crippen LogP) is 2.03. The predicted molar refractivity (Wildman–Crippen MR) is 96.0 cm³/mol. The van der Waals surface area contributed by atoms with Crippen molar-refractivity contribution in [3.63, 3.8) is 0 Å². The fourth-order valence-corrected chi connectivity index (χ4v) is 3.13. The van der Waals surface area contributed by atoms with Gasteiger partial charge < -0.3 is 15.5 Å². The van der Waals surface area contributed by atoms with Crippen molar-refractivity contribution in [2.24, 2.45) is 0 Å². The van der Waals surface area contributed by atoms with Crippen molar-refractivity contribution in [2.45, 2.75) is 45.2 Å². The summed E-state index contributed by atoms with van der Waals surface area (Å²) in [5, 5.41) is 6.42. The number of halogens is 1. The van der Waals surface area contributed by atoms with Gasteiger partial charge in [0.2, 0.25) is 17.7 Å². The van der Waals surface area contributed by atoms with Crippen LogP contribution in [0.2, 0.25) is 5.02 Å². The molecule has 1 aromatic carbocycles. The van der Waals surface area contributed by atoms with Crippen LogP contribution in [0.15, 0.2) is 24.3 Å². The van der Waals surface area contributed by atoms with Crippen LogP contribution in [0.3, 0.4) is 0 Å². The van der Waals surface area contributed by atoms with E-state index in [9.17, 15) is 14.4 Å². The minimum Gasteiger partial charge on any atom is -0.353 e. The monoisotopic (exact) mass is 365 g/mol. The second kappa shape index (κ2) is 8.85. The van der Waals surface area contributed by atoms with Gasteiger partial charge in [-0.2, -0.15) is 0 Å². The maximum Gasteiger partial charge on any atom is 0.222 e. The van der Waals surface area contributed by atoms with Crippen LogP contribution < -0.4 is 10.6 Å². The van der Waals surface area contributed by atoms with Crippen molar-refractivity contribution in [2.75, 3.05) is 13.1 Å². The van der Waals surface area contributed by atoms with Crippen LogP contribution in [-0.4, -0.2) is 41.8 Å². The van der Waals surface area contributed by atoms with Gasteiger partial charge in [-0.3, -0.25) is 14.4 Å². The number of carbonyl (C=O) groups is 3. The fraction of sp³-hybridized carbons (Fsp3) is 0.500. The Hall–Kier alpha value is -2.08. The Labute approximate surface area is 152 Å². The lowest BCUT2D eigenvalue weighted by atomic mass is 10.0. The summed E-state index contributed by atoms with van der Waals surface area (Å²) >= 11 is 5.90. The molecule has 0 bridgehead atoms. The van der Waals surface area contributed by atoms with Crippen molar-refractivity contribution >= 4 is 29.3 Å². The molecule has 1 aliphatic rings. The highest BCUT2D eigenvalue weighted by Crippen LogP contribution is 2.20. The quantitative estimate of drug-likeness (QED) is 0.838. The third-order valence-corrected chi connectivity index (χ3v) is 4.60. The summed E-state index contributed by atoms with van der Waals surface area (Å²) in [5.74, 6) is -0.240. The Bertz CT molecular complexity index is 625. The number of piperidine rings is 1. The van der Waals surface area contributed by atoms with E-state index in [1.54, 1.807) is 24.0 Å². The van der Waals surface area contributed by atoms with Gasteiger partial charge in [0.05, 0.1) is 12.5 Å². The standard InChI is InChI=1S/C18H24ClN3O3/c1-12(23)20-17(14-3-5-15(19)6-4-14)11-18(25)21-16-7-9-22(10-8-16)13(2)24/h3-6,16-17H,7-11H2,1-2H3,(H,20,23)(H,21,25)/t17-/m0/s1. The number of amides is 3. The van der Waals surface area contributed by atoms with Crippen molar-refractivity contribution in [3.05, 3.63) is 34.9 Å². The third-order valence-electron chi connectivity index (χ3n) is 4.34. The molecule has 1 aliphatic heterocycles. The van der Waals surface area contributed by atoms with Crippen LogP contribution in [0.4, 0.5) is 0 Å². The molecule has 1 atom stereocenters. The van der Waals surface area contributed by atoms with Crippen LogP contribution in [0.1, 0.15) is 44.7 Å². The molecular weight excluding hydrogens is 342 g/mol. The number of nitrogens with one attached hydrogen (secondary N) is 2. The normalized spacial score (nSPS) is 16.2. The Morgan fingerprint density at radius 2 is 1.76 bits per heavy atom. The van der Waals surface area contributed by atoms with Gasteiger partial charge >= 0.3 is 0 Å². The van der Waals surface area contributed by atoms with Gasteiger partial charge in [-0.25, -0.2) is 0 Å². The van der Waals surface area contributed by atoms with Gasteiger partial charge in [0.25, 0.3) is 0 Å². The number of hydrogen-bond acceptors (Lipinski definition) is 3. The van der Waals surface area contributed by atoms with Crippen molar-refractivity contribution < 1.29 is 14.4 Å². The van der Waals surface area contributed by atoms with E-state index in [0.29, 0.717) is 18.1 Å². The summed E-state index contributed by atoms with van der Waals surface area (Å²) in [7, 11) is 0. The smallest absolute Gasteiger partial charge is 0.222 e. The lowest BCUT2D eigenvalue weighted by Crippen LogP contribution is -2.46. The number of likely N-dealkylation sites (tertiary alicyclic amines) is 1. The Morgan fingerprint density at radius 3 is 2.28 bits per heavy atom. The lowest BCUT2D eigenvalue weighted by molar-refractivity contribution is -0.130. The van der Waals surface area contributed by atoms with Crippen LogP contribution in [0, 0.1) is 0 Å². The molecule has 1 fully saturated rings. The van der Waals surface area contributed by atoms with E-state index in [1.165, 1.54) is 6.92 Å². The van der Waals surface area contributed by atoms with Gasteiger partial charge in [0.1, 0.15) is 0 Å². The zero-order chi connectivity index (χ0) is 18.4. The molecule has 2 N–H and O–H groups in total. The first-order valence-corrected chi connectivity index (χ1v) is 8.80. The molecule has 1 saturated heterocycles. The summed E-state index contributed by atoms with van der Waals surface area (Å²) in [4.78, 5) is 37.0. The zero-order valence-electron chi connectivity index (χ0n) is 14.5. The molecule has 6 nitrogen and oxygen atoms in total. The summed E-state index contributed by atoms with van der Waals surface area (Å²) in [6.07, 6.45) is 1.66. The van der Waals surface area contributed by atoms with Crippen LogP contribution in [0.25, 0.3) is 0 Å². The highest BCUT2D eigenvalue weighted by Gasteiger charge is 2.24. The first-order valence-electron chi connectivity index (χ1n) is 8.42. The summed E-state index contributed by atoms with van der Waals surface area (Å²) < 4.78 is 0. The van der Waals surface area contributed by atoms with E-state index >= 15 is 0 Å².